The van der Waals surface area contributed by atoms with Crippen LogP contribution in [0.3, 0.4) is 0 Å². The first kappa shape index (κ1) is 24.8. The monoisotopic (exact) mass is 377 g/mol. The van der Waals surface area contributed by atoms with Gasteiger partial charge in [-0.3, -0.25) is 14.9 Å². The van der Waals surface area contributed by atoms with Crippen LogP contribution < -0.4 is 0 Å². The first-order valence-electron chi connectivity index (χ1n) is 10.0. The number of rotatable bonds is 17. The van der Waals surface area contributed by atoms with Gasteiger partial charge in [0.2, 0.25) is 6.04 Å². The zero-order chi connectivity index (χ0) is 20.2. The summed E-state index contributed by atoms with van der Waals surface area (Å²) in [6, 6.07) is -0.550. The minimum atomic E-state index is -0.805. The van der Waals surface area contributed by atoms with E-state index < -0.39 is 12.0 Å². The molecule has 0 aromatic carbocycles. The van der Waals surface area contributed by atoms with E-state index in [1.54, 1.807) is 0 Å². The van der Waals surface area contributed by atoms with Crippen molar-refractivity contribution in [3.63, 3.8) is 0 Å². The van der Waals surface area contributed by atoms with Gasteiger partial charge in [0, 0.05) is 24.2 Å². The van der Waals surface area contributed by atoms with E-state index in [-0.39, 0.29) is 11.3 Å². The van der Waals surface area contributed by atoms with Crippen molar-refractivity contribution in [3.05, 3.63) is 58.7 Å². The van der Waals surface area contributed by atoms with Crippen molar-refractivity contribution in [2.24, 2.45) is 0 Å². The minimum Gasteiger partial charge on any atom is -0.481 e. The summed E-state index contributed by atoms with van der Waals surface area (Å²) < 4.78 is 0. The van der Waals surface area contributed by atoms with Crippen molar-refractivity contribution in [1.29, 1.82) is 0 Å². The molecule has 1 unspecified atom stereocenters. The molecule has 0 saturated heterocycles. The zero-order valence-corrected chi connectivity index (χ0v) is 16.6. The second kappa shape index (κ2) is 18.6. The molecule has 5 heteroatoms. The number of carbonyl (C=O) groups is 1. The predicted octanol–water partition coefficient (Wildman–Crippen LogP) is 6.25. The van der Waals surface area contributed by atoms with Crippen LogP contribution in [0.2, 0.25) is 0 Å². The van der Waals surface area contributed by atoms with Crippen LogP contribution in [0.5, 0.6) is 0 Å². The van der Waals surface area contributed by atoms with Crippen molar-refractivity contribution in [2.75, 3.05) is 0 Å². The molecule has 1 atom stereocenters. The Balaban J connectivity index is 3.90. The molecule has 0 aliphatic rings. The lowest BCUT2D eigenvalue weighted by molar-refractivity contribution is -0.522. The number of carboxylic acids is 1. The number of nitrogens with zero attached hydrogens (tertiary/aromatic N) is 1. The molecule has 0 rings (SSSR count). The normalized spacial score (nSPS) is 13.4. The summed E-state index contributed by atoms with van der Waals surface area (Å²) in [6.45, 7) is 2.20. The van der Waals surface area contributed by atoms with Gasteiger partial charge in [0.05, 0.1) is 0 Å². The molecular weight excluding hydrogens is 342 g/mol. The summed E-state index contributed by atoms with van der Waals surface area (Å²) in [6.07, 6.45) is 24.7. The molecule has 0 aliphatic carbocycles. The second-order valence-electron chi connectivity index (χ2n) is 6.54. The molecule has 0 spiro atoms. The lowest BCUT2D eigenvalue weighted by Crippen LogP contribution is -2.18. The number of allylic oxidation sites excluding steroid dienone is 7. The van der Waals surface area contributed by atoms with E-state index in [2.05, 4.69) is 25.2 Å². The van der Waals surface area contributed by atoms with Gasteiger partial charge in [0.1, 0.15) is 0 Å². The van der Waals surface area contributed by atoms with E-state index in [0.29, 0.717) is 25.7 Å². The Labute approximate surface area is 163 Å². The number of nitro groups is 1. The molecule has 1 N–H and O–H groups in total. The van der Waals surface area contributed by atoms with Gasteiger partial charge in [-0.25, -0.2) is 0 Å². The van der Waals surface area contributed by atoms with Crippen molar-refractivity contribution in [3.8, 4) is 0 Å². The third kappa shape index (κ3) is 18.4. The Kier molecular flexibility index (Phi) is 17.1. The molecule has 27 heavy (non-hydrogen) atoms. The number of hydrogen-bond donors (Lipinski definition) is 1. The number of hydrogen-bond acceptors (Lipinski definition) is 3. The Morgan fingerprint density at radius 2 is 1.52 bits per heavy atom. The second-order valence-corrected chi connectivity index (χ2v) is 6.54. The summed E-state index contributed by atoms with van der Waals surface area (Å²) in [5.74, 6) is -0.805. The molecule has 5 nitrogen and oxygen atoms in total. The predicted molar refractivity (Wildman–Crippen MR) is 111 cm³/mol. The molecule has 0 amide bonds. The SMILES string of the molecule is CCCCCC=CCC=CCCC(CC=CCC=CCCC(=O)O)[N+](=O)[O-]. The van der Waals surface area contributed by atoms with Crippen LogP contribution in [-0.2, 0) is 4.79 Å². The van der Waals surface area contributed by atoms with Crippen molar-refractivity contribution in [2.45, 2.75) is 83.6 Å². The Morgan fingerprint density at radius 3 is 2.11 bits per heavy atom. The van der Waals surface area contributed by atoms with Gasteiger partial charge < -0.3 is 5.11 Å². The smallest absolute Gasteiger partial charge is 0.303 e. The van der Waals surface area contributed by atoms with Crippen LogP contribution in [-0.4, -0.2) is 22.0 Å². The molecule has 0 fully saturated rings. The van der Waals surface area contributed by atoms with Crippen LogP contribution in [0.15, 0.2) is 48.6 Å². The Bertz CT molecular complexity index is 506. The number of aliphatic carboxylic acids is 1. The highest BCUT2D eigenvalue weighted by atomic mass is 16.6. The summed E-state index contributed by atoms with van der Waals surface area (Å²) in [4.78, 5) is 21.3. The molecule has 0 heterocycles. The van der Waals surface area contributed by atoms with Crippen LogP contribution >= 0.6 is 0 Å². The lowest BCUT2D eigenvalue weighted by atomic mass is 10.1. The summed E-state index contributed by atoms with van der Waals surface area (Å²) in [5.41, 5.74) is 0. The van der Waals surface area contributed by atoms with Gasteiger partial charge in [0.15, 0.2) is 0 Å². The fourth-order valence-electron chi connectivity index (χ4n) is 2.47. The van der Waals surface area contributed by atoms with Gasteiger partial charge in [-0.15, -0.1) is 0 Å². The lowest BCUT2D eigenvalue weighted by Gasteiger charge is -2.04. The fraction of sp³-hybridized carbons (Fsp3) is 0.591. The van der Waals surface area contributed by atoms with Gasteiger partial charge in [-0.05, 0) is 38.5 Å². The number of unbranched alkanes of at least 4 members (excludes halogenated alkanes) is 3. The van der Waals surface area contributed by atoms with E-state index in [1.165, 1.54) is 19.3 Å². The van der Waals surface area contributed by atoms with Crippen molar-refractivity contribution < 1.29 is 14.8 Å². The van der Waals surface area contributed by atoms with E-state index in [0.717, 1.165) is 19.3 Å². The van der Waals surface area contributed by atoms with Gasteiger partial charge in [-0.2, -0.15) is 0 Å². The summed E-state index contributed by atoms with van der Waals surface area (Å²) in [7, 11) is 0. The molecule has 0 radical (unpaired) electrons. The van der Waals surface area contributed by atoms with E-state index >= 15 is 0 Å². The fourth-order valence-corrected chi connectivity index (χ4v) is 2.47. The molecule has 0 saturated carbocycles. The van der Waals surface area contributed by atoms with E-state index in [9.17, 15) is 14.9 Å². The Hall–Kier alpha value is -2.17. The third-order valence-corrected chi connectivity index (χ3v) is 4.08. The molecule has 0 bridgehead atoms. The van der Waals surface area contributed by atoms with Gasteiger partial charge in [0.25, 0.3) is 0 Å². The average molecular weight is 378 g/mol. The molecule has 0 aromatic heterocycles. The first-order valence-corrected chi connectivity index (χ1v) is 10.0. The van der Waals surface area contributed by atoms with Gasteiger partial charge >= 0.3 is 5.97 Å². The average Bonchev–Trinajstić information content (AvgIpc) is 2.63. The maximum absolute atomic E-state index is 11.1. The minimum absolute atomic E-state index is 0.131. The van der Waals surface area contributed by atoms with Crippen molar-refractivity contribution >= 4 is 5.97 Å². The van der Waals surface area contributed by atoms with E-state index in [1.807, 2.05) is 30.4 Å². The largest absolute Gasteiger partial charge is 0.481 e. The van der Waals surface area contributed by atoms with Crippen molar-refractivity contribution in [1.82, 2.24) is 0 Å². The topological polar surface area (TPSA) is 80.4 Å². The van der Waals surface area contributed by atoms with Crippen LogP contribution in [0.1, 0.15) is 77.6 Å². The maximum atomic E-state index is 11.1. The first-order chi connectivity index (χ1) is 13.1. The summed E-state index contributed by atoms with van der Waals surface area (Å²) in [5, 5.41) is 19.6. The maximum Gasteiger partial charge on any atom is 0.303 e. The quantitative estimate of drug-likeness (QED) is 0.140. The molecular formula is C22H35NO4. The third-order valence-electron chi connectivity index (χ3n) is 4.08. The van der Waals surface area contributed by atoms with E-state index in [4.69, 9.17) is 5.11 Å². The standard InChI is InChI=1S/C22H35NO4/c1-2-3-4-5-6-7-8-9-12-15-18-21(23(26)27)19-16-13-10-11-14-17-20-22(24)25/h6-7,9,11-14,16,21H,2-5,8,10,15,17-20H2,1H3,(H,24,25). The van der Waals surface area contributed by atoms with Crippen LogP contribution in [0.25, 0.3) is 0 Å². The zero-order valence-electron chi connectivity index (χ0n) is 16.6. The highest BCUT2D eigenvalue weighted by Crippen LogP contribution is 2.09. The highest BCUT2D eigenvalue weighted by Gasteiger charge is 2.16. The highest BCUT2D eigenvalue weighted by molar-refractivity contribution is 5.66. The Morgan fingerprint density at radius 1 is 0.926 bits per heavy atom. The molecule has 0 aliphatic heterocycles. The molecule has 152 valence electrons. The van der Waals surface area contributed by atoms with Crippen LogP contribution in [0, 0.1) is 10.1 Å². The number of carboxylic acid groups (broad SMARTS) is 1. The van der Waals surface area contributed by atoms with Gasteiger partial charge in [-0.1, -0.05) is 68.4 Å². The molecule has 0 aromatic rings. The summed E-state index contributed by atoms with van der Waals surface area (Å²) >= 11 is 0. The van der Waals surface area contributed by atoms with Crippen LogP contribution in [0.4, 0.5) is 0 Å².